The van der Waals surface area contributed by atoms with Crippen LogP contribution in [0, 0.1) is 0 Å². The normalized spacial score (nSPS) is 16.6. The summed E-state index contributed by atoms with van der Waals surface area (Å²) < 4.78 is 45.4. The number of halogens is 3. The molecular weight excluding hydrogens is 345 g/mol. The Labute approximate surface area is 139 Å². The minimum Gasteiger partial charge on any atom is -0.465 e. The molecule has 0 unspecified atom stereocenters. The van der Waals surface area contributed by atoms with Crippen LogP contribution in [-0.4, -0.2) is 17.4 Å². The van der Waals surface area contributed by atoms with Crippen LogP contribution >= 0.6 is 12.2 Å². The van der Waals surface area contributed by atoms with Crippen molar-refractivity contribution in [2.24, 2.45) is 0 Å². The molecule has 3 rings (SSSR count). The molecule has 9 heteroatoms. The second-order valence-electron chi connectivity index (χ2n) is 4.69. The van der Waals surface area contributed by atoms with Crippen molar-refractivity contribution in [2.45, 2.75) is 6.36 Å². The number of anilines is 1. The number of nitrogens with one attached hydrogen (secondary N) is 1. The van der Waals surface area contributed by atoms with E-state index < -0.39 is 12.3 Å². The van der Waals surface area contributed by atoms with E-state index in [-0.39, 0.29) is 16.6 Å². The van der Waals surface area contributed by atoms with Crippen LogP contribution in [-0.2, 0) is 4.79 Å². The first-order valence-corrected chi connectivity index (χ1v) is 7.01. The van der Waals surface area contributed by atoms with Gasteiger partial charge in [0, 0.05) is 6.08 Å². The van der Waals surface area contributed by atoms with Crippen LogP contribution < -0.4 is 15.0 Å². The number of ether oxygens (including phenoxy) is 1. The van der Waals surface area contributed by atoms with E-state index in [0.717, 1.165) is 12.1 Å². The number of hydrogen-bond donors (Lipinski definition) is 1. The molecule has 1 aliphatic heterocycles. The van der Waals surface area contributed by atoms with Gasteiger partial charge in [-0.2, -0.15) is 0 Å². The third kappa shape index (κ3) is 3.40. The van der Waals surface area contributed by atoms with Crippen LogP contribution in [0.1, 0.15) is 5.76 Å². The van der Waals surface area contributed by atoms with Crippen molar-refractivity contribution in [2.75, 3.05) is 4.90 Å². The summed E-state index contributed by atoms with van der Waals surface area (Å²) in [5, 5.41) is 2.85. The number of nitrogens with zero attached hydrogens (tertiary/aromatic N) is 1. The number of carbonyl (C=O) groups excluding carboxylic acids is 1. The van der Waals surface area contributed by atoms with Gasteiger partial charge in [-0.05, 0) is 48.6 Å². The molecule has 0 aliphatic carbocycles. The quantitative estimate of drug-likeness (QED) is 0.676. The first-order valence-electron chi connectivity index (χ1n) is 6.60. The summed E-state index contributed by atoms with van der Waals surface area (Å²) in [6.07, 6.45) is -1.84. The summed E-state index contributed by atoms with van der Waals surface area (Å²) in [6.45, 7) is 0. The van der Waals surface area contributed by atoms with Crippen molar-refractivity contribution >= 4 is 35.0 Å². The lowest BCUT2D eigenvalue weighted by Gasteiger charge is -2.15. The van der Waals surface area contributed by atoms with Gasteiger partial charge in [0.1, 0.15) is 17.2 Å². The predicted octanol–water partition coefficient (Wildman–Crippen LogP) is 3.44. The van der Waals surface area contributed by atoms with Crippen LogP contribution in [0.2, 0.25) is 0 Å². The zero-order valence-electron chi connectivity index (χ0n) is 11.8. The molecule has 1 N–H and O–H groups in total. The number of thiocarbonyl (C=S) groups is 1. The minimum atomic E-state index is -4.78. The maximum atomic E-state index is 12.4. The molecule has 124 valence electrons. The molecule has 1 fully saturated rings. The van der Waals surface area contributed by atoms with Crippen molar-refractivity contribution in [1.82, 2.24) is 5.32 Å². The van der Waals surface area contributed by atoms with E-state index >= 15 is 0 Å². The molecule has 1 aromatic heterocycles. The van der Waals surface area contributed by atoms with Crippen LogP contribution in [0.5, 0.6) is 5.75 Å². The van der Waals surface area contributed by atoms with E-state index in [0.29, 0.717) is 11.4 Å². The Morgan fingerprint density at radius 1 is 1.21 bits per heavy atom. The number of furan rings is 1. The van der Waals surface area contributed by atoms with Crippen LogP contribution in [0.25, 0.3) is 6.08 Å². The van der Waals surface area contributed by atoms with Crippen LogP contribution in [0.3, 0.4) is 0 Å². The van der Waals surface area contributed by atoms with Gasteiger partial charge in [-0.15, -0.1) is 13.2 Å². The van der Waals surface area contributed by atoms with Gasteiger partial charge in [0.25, 0.3) is 5.91 Å². The smallest absolute Gasteiger partial charge is 0.465 e. The monoisotopic (exact) mass is 354 g/mol. The molecule has 0 bridgehead atoms. The van der Waals surface area contributed by atoms with Crippen molar-refractivity contribution in [3.8, 4) is 5.75 Å². The predicted molar refractivity (Wildman–Crippen MR) is 83.0 cm³/mol. The number of carbonyl (C=O) groups is 1. The topological polar surface area (TPSA) is 54.7 Å². The van der Waals surface area contributed by atoms with Crippen molar-refractivity contribution < 1.29 is 27.1 Å². The lowest BCUT2D eigenvalue weighted by atomic mass is 10.2. The molecule has 1 amide bonds. The lowest BCUT2D eigenvalue weighted by Crippen LogP contribution is -2.30. The molecule has 5 nitrogen and oxygen atoms in total. The van der Waals surface area contributed by atoms with E-state index in [1.165, 1.54) is 29.4 Å². The fraction of sp³-hybridized carbons (Fsp3) is 0.0667. The molecule has 0 radical (unpaired) electrons. The Morgan fingerprint density at radius 3 is 2.50 bits per heavy atom. The number of rotatable bonds is 3. The first-order chi connectivity index (χ1) is 11.3. The molecule has 2 heterocycles. The highest BCUT2D eigenvalue weighted by molar-refractivity contribution is 7.80. The van der Waals surface area contributed by atoms with E-state index in [1.54, 1.807) is 12.1 Å². The minimum absolute atomic E-state index is 0.113. The lowest BCUT2D eigenvalue weighted by molar-refractivity contribution is -0.274. The zero-order valence-corrected chi connectivity index (χ0v) is 12.6. The van der Waals surface area contributed by atoms with Gasteiger partial charge >= 0.3 is 6.36 Å². The summed E-state index contributed by atoms with van der Waals surface area (Å²) >= 11 is 5.10. The Kier molecular flexibility index (Phi) is 4.02. The summed E-state index contributed by atoms with van der Waals surface area (Å²) in [7, 11) is 0. The molecule has 0 saturated carbocycles. The van der Waals surface area contributed by atoms with Crippen LogP contribution in [0.4, 0.5) is 18.9 Å². The fourth-order valence-electron chi connectivity index (χ4n) is 2.08. The molecule has 1 aliphatic rings. The summed E-state index contributed by atoms with van der Waals surface area (Å²) in [5.41, 5.74) is 0.514. The standard InChI is InChI=1S/C15H9F3N2O3S/c16-15(17,18)23-10-5-3-9(4-6-10)20-13(21)12(19-14(20)24)8-11-2-1-7-22-11/h1-8H,(H,19,24)/b12-8+. The van der Waals surface area contributed by atoms with Gasteiger partial charge in [-0.1, -0.05) is 0 Å². The van der Waals surface area contributed by atoms with Gasteiger partial charge in [0.15, 0.2) is 5.11 Å². The van der Waals surface area contributed by atoms with Crippen molar-refractivity contribution in [3.63, 3.8) is 0 Å². The van der Waals surface area contributed by atoms with Gasteiger partial charge in [0.2, 0.25) is 0 Å². The molecule has 1 saturated heterocycles. The van der Waals surface area contributed by atoms with E-state index in [4.69, 9.17) is 16.6 Å². The molecular formula is C15H9F3N2O3S. The number of hydrogen-bond acceptors (Lipinski definition) is 4. The molecule has 0 atom stereocenters. The van der Waals surface area contributed by atoms with E-state index in [2.05, 4.69) is 10.1 Å². The highest BCUT2D eigenvalue weighted by Crippen LogP contribution is 2.27. The van der Waals surface area contributed by atoms with Gasteiger partial charge in [-0.3, -0.25) is 9.69 Å². The largest absolute Gasteiger partial charge is 0.573 e. The Bertz CT molecular complexity index is 798. The maximum Gasteiger partial charge on any atom is 0.573 e. The average Bonchev–Trinajstić information content (AvgIpc) is 3.08. The van der Waals surface area contributed by atoms with Gasteiger partial charge in [0.05, 0.1) is 12.0 Å². The molecule has 24 heavy (non-hydrogen) atoms. The summed E-state index contributed by atoms with van der Waals surface area (Å²) in [5.74, 6) is -0.367. The summed E-state index contributed by atoms with van der Waals surface area (Å²) in [4.78, 5) is 13.6. The second-order valence-corrected chi connectivity index (χ2v) is 5.07. The summed E-state index contributed by atoms with van der Waals surface area (Å²) in [6, 6.07) is 8.16. The highest BCUT2D eigenvalue weighted by atomic mass is 32.1. The second kappa shape index (κ2) is 6.00. The number of alkyl halides is 3. The van der Waals surface area contributed by atoms with E-state index in [1.807, 2.05) is 0 Å². The van der Waals surface area contributed by atoms with Gasteiger partial charge in [-0.25, -0.2) is 0 Å². The highest BCUT2D eigenvalue weighted by Gasteiger charge is 2.33. The Hall–Kier alpha value is -2.81. The van der Waals surface area contributed by atoms with Crippen LogP contribution in [0.15, 0.2) is 52.8 Å². The Morgan fingerprint density at radius 2 is 1.92 bits per heavy atom. The number of amides is 1. The SMILES string of the molecule is O=C1/C(=C\c2ccco2)NC(=S)N1c1ccc(OC(F)(F)F)cc1. The van der Waals surface area contributed by atoms with Crippen molar-refractivity contribution in [3.05, 3.63) is 54.1 Å². The third-order valence-electron chi connectivity index (χ3n) is 3.04. The maximum absolute atomic E-state index is 12.4. The number of benzene rings is 1. The van der Waals surface area contributed by atoms with E-state index in [9.17, 15) is 18.0 Å². The van der Waals surface area contributed by atoms with Crippen molar-refractivity contribution in [1.29, 1.82) is 0 Å². The molecule has 0 spiro atoms. The molecule has 1 aromatic carbocycles. The molecule has 2 aromatic rings. The van der Waals surface area contributed by atoms with Gasteiger partial charge < -0.3 is 14.5 Å². The zero-order chi connectivity index (χ0) is 17.3. The fourth-order valence-corrected chi connectivity index (χ4v) is 2.38. The Balaban J connectivity index is 1.82. The third-order valence-corrected chi connectivity index (χ3v) is 3.32. The first kappa shape index (κ1) is 16.1. The average molecular weight is 354 g/mol.